The number of rotatable bonds is 7. The SMILES string of the molecule is Cn1c(C2(OC(=O)c3ccc4c(C5CCCC5)c(-c5cnccn5)n(C)c4c3)CCC2)nc2cc(/C=C/C(N)=O)ccc21. The largest absolute Gasteiger partial charge is 0.447 e. The predicted octanol–water partition coefficient (Wildman–Crippen LogP) is 5.91. The summed E-state index contributed by atoms with van der Waals surface area (Å²) in [6, 6.07) is 11.7. The monoisotopic (exact) mass is 574 g/mol. The second-order valence-electron chi connectivity index (χ2n) is 11.8. The molecule has 3 aromatic heterocycles. The molecule has 7 rings (SSSR count). The van der Waals surface area contributed by atoms with Crippen LogP contribution < -0.4 is 5.73 Å². The zero-order chi connectivity index (χ0) is 29.7. The van der Waals surface area contributed by atoms with E-state index in [4.69, 9.17) is 15.5 Å². The van der Waals surface area contributed by atoms with E-state index in [1.807, 2.05) is 55.2 Å². The molecule has 0 radical (unpaired) electrons. The van der Waals surface area contributed by atoms with E-state index in [0.717, 1.165) is 64.0 Å². The highest BCUT2D eigenvalue weighted by Crippen LogP contribution is 2.47. The Kier molecular flexibility index (Phi) is 6.60. The van der Waals surface area contributed by atoms with Crippen LogP contribution in [0.25, 0.3) is 39.4 Å². The Morgan fingerprint density at radius 3 is 2.51 bits per heavy atom. The van der Waals surface area contributed by atoms with Crippen LogP contribution >= 0.6 is 0 Å². The molecule has 218 valence electrons. The molecule has 9 nitrogen and oxygen atoms in total. The standard InChI is InChI=1S/C34H34N6O3/c1-39-28-19-23(10-11-24(28)30(22-6-3-4-7-22)31(39)26-20-36-16-17-37-26)32(42)43-34(14-5-15-34)33-38-25-18-21(9-13-29(35)41)8-12-27(25)40(33)2/h8-13,16-20,22H,3-7,14-15H2,1-2H3,(H2,35,41)/b13-9+. The van der Waals surface area contributed by atoms with Gasteiger partial charge in [-0.2, -0.15) is 0 Å². The molecule has 0 bridgehead atoms. The van der Waals surface area contributed by atoms with Gasteiger partial charge in [0.1, 0.15) is 5.69 Å². The number of hydrogen-bond donors (Lipinski definition) is 1. The summed E-state index contributed by atoms with van der Waals surface area (Å²) in [7, 11) is 3.99. The van der Waals surface area contributed by atoms with Gasteiger partial charge < -0.3 is 19.6 Å². The minimum absolute atomic E-state index is 0.358. The molecule has 0 atom stereocenters. The van der Waals surface area contributed by atoms with Gasteiger partial charge in [0.05, 0.1) is 28.5 Å². The van der Waals surface area contributed by atoms with Crippen LogP contribution in [0.5, 0.6) is 0 Å². The molecule has 2 aromatic carbocycles. The van der Waals surface area contributed by atoms with Gasteiger partial charge in [-0.25, -0.2) is 9.78 Å². The maximum absolute atomic E-state index is 13.8. The minimum atomic E-state index is -0.795. The van der Waals surface area contributed by atoms with Crippen LogP contribution in [-0.4, -0.2) is 36.0 Å². The van der Waals surface area contributed by atoms with Crippen molar-refractivity contribution in [3.63, 3.8) is 0 Å². The summed E-state index contributed by atoms with van der Waals surface area (Å²) >= 11 is 0. The number of amides is 1. The van der Waals surface area contributed by atoms with E-state index in [-0.39, 0.29) is 5.97 Å². The minimum Gasteiger partial charge on any atom is -0.447 e. The summed E-state index contributed by atoms with van der Waals surface area (Å²) < 4.78 is 10.5. The topological polar surface area (TPSA) is 118 Å². The lowest BCUT2D eigenvalue weighted by atomic mass is 9.79. The third-order valence-electron chi connectivity index (χ3n) is 9.25. The highest BCUT2D eigenvalue weighted by atomic mass is 16.6. The number of aryl methyl sites for hydroxylation is 2. The van der Waals surface area contributed by atoms with Crippen molar-refractivity contribution in [3.8, 4) is 11.4 Å². The number of esters is 1. The molecule has 43 heavy (non-hydrogen) atoms. The molecular formula is C34H34N6O3. The highest BCUT2D eigenvalue weighted by molar-refractivity contribution is 5.98. The molecule has 2 fully saturated rings. The van der Waals surface area contributed by atoms with Gasteiger partial charge in [-0.15, -0.1) is 0 Å². The number of aromatic nitrogens is 5. The number of ether oxygens (including phenoxy) is 1. The molecule has 9 heteroatoms. The lowest BCUT2D eigenvalue weighted by Crippen LogP contribution is -2.41. The second kappa shape index (κ2) is 10.5. The number of carbonyl (C=O) groups excluding carboxylic acids is 2. The van der Waals surface area contributed by atoms with Crippen LogP contribution in [0.1, 0.15) is 78.2 Å². The maximum Gasteiger partial charge on any atom is 0.339 e. The first kappa shape index (κ1) is 27.1. The first-order valence-electron chi connectivity index (χ1n) is 14.9. The molecule has 1 amide bonds. The average Bonchev–Trinajstić information content (AvgIpc) is 3.71. The number of carbonyl (C=O) groups is 2. The summed E-state index contributed by atoms with van der Waals surface area (Å²) in [5.74, 6) is 0.325. The summed E-state index contributed by atoms with van der Waals surface area (Å²) in [6.45, 7) is 0. The second-order valence-corrected chi connectivity index (χ2v) is 11.8. The first-order valence-corrected chi connectivity index (χ1v) is 14.9. The smallest absolute Gasteiger partial charge is 0.339 e. The predicted molar refractivity (Wildman–Crippen MR) is 165 cm³/mol. The summed E-state index contributed by atoms with van der Waals surface area (Å²) in [5, 5.41) is 1.15. The van der Waals surface area contributed by atoms with Crippen molar-refractivity contribution in [3.05, 3.63) is 83.6 Å². The lowest BCUT2D eigenvalue weighted by Gasteiger charge is -2.40. The fourth-order valence-electron chi connectivity index (χ4n) is 6.96. The van der Waals surface area contributed by atoms with Crippen molar-refractivity contribution < 1.29 is 14.3 Å². The quantitative estimate of drug-likeness (QED) is 0.191. The zero-order valence-corrected chi connectivity index (χ0v) is 24.4. The molecule has 3 heterocycles. The Labute approximate surface area is 249 Å². The van der Waals surface area contributed by atoms with E-state index in [0.29, 0.717) is 24.3 Å². The Morgan fingerprint density at radius 1 is 1.00 bits per heavy atom. The molecule has 2 saturated carbocycles. The van der Waals surface area contributed by atoms with Crippen molar-refractivity contribution in [2.45, 2.75) is 56.5 Å². The Balaban J connectivity index is 1.24. The van der Waals surface area contributed by atoms with Gasteiger partial charge in [-0.05, 0) is 79.5 Å². The molecule has 0 unspecified atom stereocenters. The first-order chi connectivity index (χ1) is 20.8. The summed E-state index contributed by atoms with van der Waals surface area (Å²) in [6.07, 6.45) is 15.4. The number of imidazole rings is 1. The molecule has 2 aliphatic carbocycles. The van der Waals surface area contributed by atoms with Gasteiger partial charge in [0.15, 0.2) is 11.4 Å². The van der Waals surface area contributed by atoms with Crippen molar-refractivity contribution in [1.29, 1.82) is 0 Å². The molecule has 5 aromatic rings. The average molecular weight is 575 g/mol. The van der Waals surface area contributed by atoms with E-state index in [1.165, 1.54) is 24.5 Å². The van der Waals surface area contributed by atoms with Gasteiger partial charge in [0, 0.05) is 43.5 Å². The number of hydrogen-bond acceptors (Lipinski definition) is 6. The fourth-order valence-corrected chi connectivity index (χ4v) is 6.96. The fraction of sp³-hybridized carbons (Fsp3) is 0.324. The Hall–Kier alpha value is -4.79. The molecule has 0 saturated heterocycles. The van der Waals surface area contributed by atoms with Gasteiger partial charge in [-0.3, -0.25) is 14.8 Å². The number of fused-ring (bicyclic) bond motifs is 2. The van der Waals surface area contributed by atoms with Crippen LogP contribution in [0, 0.1) is 0 Å². The van der Waals surface area contributed by atoms with Gasteiger partial charge in [0.2, 0.25) is 5.91 Å². The van der Waals surface area contributed by atoms with Crippen LogP contribution in [0.15, 0.2) is 61.1 Å². The third kappa shape index (κ3) is 4.59. The lowest BCUT2D eigenvalue weighted by molar-refractivity contribution is -0.113. The van der Waals surface area contributed by atoms with Crippen LogP contribution in [0.4, 0.5) is 0 Å². The van der Waals surface area contributed by atoms with Crippen molar-refractivity contribution in [2.24, 2.45) is 19.8 Å². The van der Waals surface area contributed by atoms with E-state index >= 15 is 0 Å². The maximum atomic E-state index is 13.8. The van der Waals surface area contributed by atoms with Crippen LogP contribution in [0.3, 0.4) is 0 Å². The molecule has 0 spiro atoms. The number of benzene rings is 2. The molecule has 0 aliphatic heterocycles. The van der Waals surface area contributed by atoms with E-state index in [1.54, 1.807) is 18.5 Å². The van der Waals surface area contributed by atoms with Crippen LogP contribution in [-0.2, 0) is 29.2 Å². The summed E-state index contributed by atoms with van der Waals surface area (Å²) in [4.78, 5) is 38.9. The van der Waals surface area contributed by atoms with E-state index < -0.39 is 11.5 Å². The number of nitrogens with zero attached hydrogens (tertiary/aromatic N) is 5. The zero-order valence-electron chi connectivity index (χ0n) is 24.4. The molecule has 2 aliphatic rings. The molecule has 2 N–H and O–H groups in total. The van der Waals surface area contributed by atoms with E-state index in [2.05, 4.69) is 20.6 Å². The Bertz CT molecular complexity index is 1910. The van der Waals surface area contributed by atoms with E-state index in [9.17, 15) is 9.59 Å². The van der Waals surface area contributed by atoms with Crippen LogP contribution in [0.2, 0.25) is 0 Å². The third-order valence-corrected chi connectivity index (χ3v) is 9.25. The number of primary amides is 1. The van der Waals surface area contributed by atoms with Gasteiger partial charge in [0.25, 0.3) is 0 Å². The van der Waals surface area contributed by atoms with Gasteiger partial charge >= 0.3 is 5.97 Å². The Morgan fingerprint density at radius 2 is 1.81 bits per heavy atom. The number of nitrogens with two attached hydrogens (primary N) is 1. The van der Waals surface area contributed by atoms with Crippen molar-refractivity contribution >= 4 is 39.9 Å². The van der Waals surface area contributed by atoms with Crippen molar-refractivity contribution in [1.82, 2.24) is 24.1 Å². The highest BCUT2D eigenvalue weighted by Gasteiger charge is 2.46. The normalized spacial score (nSPS) is 16.7. The van der Waals surface area contributed by atoms with Gasteiger partial charge in [-0.1, -0.05) is 25.0 Å². The van der Waals surface area contributed by atoms with Crippen molar-refractivity contribution in [2.75, 3.05) is 0 Å². The molecular weight excluding hydrogens is 540 g/mol. The summed E-state index contributed by atoms with van der Waals surface area (Å²) in [5.41, 5.74) is 11.7.